The molecule has 30 heavy (non-hydrogen) atoms. The summed E-state index contributed by atoms with van der Waals surface area (Å²) in [6.45, 7) is 4.28. The molecule has 8 nitrogen and oxygen atoms in total. The number of furan rings is 1. The summed E-state index contributed by atoms with van der Waals surface area (Å²) in [4.78, 5) is 40.3. The van der Waals surface area contributed by atoms with Gasteiger partial charge in [0.15, 0.2) is 5.76 Å². The van der Waals surface area contributed by atoms with E-state index in [-0.39, 0.29) is 10.9 Å². The second-order valence-electron chi connectivity index (χ2n) is 6.83. The maximum atomic E-state index is 13.1. The Kier molecular flexibility index (Phi) is 5.45. The molecule has 2 unspecified atom stereocenters. The van der Waals surface area contributed by atoms with Gasteiger partial charge in [-0.25, -0.2) is 0 Å². The number of hydrogen-bond donors (Lipinski definition) is 0. The van der Waals surface area contributed by atoms with Crippen LogP contribution in [-0.4, -0.2) is 34.3 Å². The number of rotatable bonds is 7. The molecule has 2 atom stereocenters. The number of carbonyl (C=O) groups is 3. The molecule has 0 saturated carbocycles. The summed E-state index contributed by atoms with van der Waals surface area (Å²) in [6.07, 6.45) is 2.19. The second kappa shape index (κ2) is 8.19. The summed E-state index contributed by atoms with van der Waals surface area (Å²) < 4.78 is 10.9. The maximum absolute atomic E-state index is 13.1. The van der Waals surface area contributed by atoms with Crippen LogP contribution in [0, 0.1) is 12.8 Å². The van der Waals surface area contributed by atoms with E-state index >= 15 is 0 Å². The lowest BCUT2D eigenvalue weighted by atomic mass is 9.88. The fourth-order valence-corrected chi connectivity index (χ4v) is 4.17. The molecule has 0 aliphatic carbocycles. The number of carbonyl (C=O) groups excluding carboxylic acids is 3. The lowest BCUT2D eigenvalue weighted by Crippen LogP contribution is -2.30. The Morgan fingerprint density at radius 2 is 2.07 bits per heavy atom. The predicted molar refractivity (Wildman–Crippen MR) is 109 cm³/mol. The Hall–Kier alpha value is -3.33. The third kappa shape index (κ3) is 3.52. The molecule has 0 bridgehead atoms. The molecule has 1 aromatic carbocycles. The third-order valence-corrected chi connectivity index (χ3v) is 5.58. The molecule has 0 spiro atoms. The summed E-state index contributed by atoms with van der Waals surface area (Å²) >= 11 is 1.18. The number of hydrogen-bond acceptors (Lipinski definition) is 8. The number of Topliss-reactive ketones (excluding diaryl/α,β-unsaturated/α-hetero) is 2. The fraction of sp³-hybridized carbons (Fsp3) is 0.286. The zero-order chi connectivity index (χ0) is 21.3. The Morgan fingerprint density at radius 1 is 1.23 bits per heavy atom. The number of benzene rings is 1. The van der Waals surface area contributed by atoms with E-state index in [2.05, 4.69) is 10.2 Å². The number of aryl methyl sites for hydroxylation is 1. The molecule has 4 rings (SSSR count). The smallest absolute Gasteiger partial charge is 0.297 e. The van der Waals surface area contributed by atoms with Crippen molar-refractivity contribution in [2.45, 2.75) is 26.3 Å². The minimum atomic E-state index is -1.26. The number of nitrogens with zero attached hydrogens (tertiary/aromatic N) is 3. The zero-order valence-corrected chi connectivity index (χ0v) is 17.2. The monoisotopic (exact) mass is 425 g/mol. The lowest BCUT2D eigenvalue weighted by Gasteiger charge is -2.24. The van der Waals surface area contributed by atoms with Gasteiger partial charge in [0.25, 0.3) is 5.91 Å². The van der Waals surface area contributed by atoms with Crippen LogP contribution in [0.3, 0.4) is 0 Å². The van der Waals surface area contributed by atoms with Gasteiger partial charge in [-0.1, -0.05) is 30.4 Å². The van der Waals surface area contributed by atoms with E-state index in [0.717, 1.165) is 6.42 Å². The van der Waals surface area contributed by atoms with Gasteiger partial charge >= 0.3 is 0 Å². The summed E-state index contributed by atoms with van der Waals surface area (Å²) in [5, 5.41) is 8.92. The van der Waals surface area contributed by atoms with E-state index in [9.17, 15) is 14.4 Å². The average molecular weight is 425 g/mol. The van der Waals surface area contributed by atoms with Crippen molar-refractivity contribution < 1.29 is 23.5 Å². The van der Waals surface area contributed by atoms with Crippen LogP contribution in [0.25, 0.3) is 0 Å². The van der Waals surface area contributed by atoms with Crippen LogP contribution >= 0.6 is 11.3 Å². The normalized spacial score (nSPS) is 18.8. The summed E-state index contributed by atoms with van der Waals surface area (Å²) in [7, 11) is 0. The van der Waals surface area contributed by atoms with Crippen molar-refractivity contribution in [2.75, 3.05) is 11.5 Å². The van der Waals surface area contributed by atoms with Crippen LogP contribution in [0.1, 0.15) is 40.5 Å². The van der Waals surface area contributed by atoms with Crippen molar-refractivity contribution >= 4 is 33.9 Å². The zero-order valence-electron chi connectivity index (χ0n) is 16.4. The van der Waals surface area contributed by atoms with Crippen LogP contribution in [0.4, 0.5) is 5.13 Å². The quantitative estimate of drug-likeness (QED) is 0.325. The predicted octanol–water partition coefficient (Wildman–Crippen LogP) is 3.38. The van der Waals surface area contributed by atoms with E-state index in [1.165, 1.54) is 28.6 Å². The number of anilines is 1. The minimum absolute atomic E-state index is 0.0276. The van der Waals surface area contributed by atoms with Crippen molar-refractivity contribution in [3.05, 3.63) is 59.0 Å². The Labute approximate surface area is 176 Å². The van der Waals surface area contributed by atoms with Crippen molar-refractivity contribution in [3.63, 3.8) is 0 Å². The summed E-state index contributed by atoms with van der Waals surface area (Å²) in [6, 6.07) is 9.24. The van der Waals surface area contributed by atoms with Crippen molar-refractivity contribution in [2.24, 2.45) is 5.92 Å². The van der Waals surface area contributed by atoms with Gasteiger partial charge in [0.2, 0.25) is 16.7 Å². The Bertz CT molecular complexity index is 1090. The summed E-state index contributed by atoms with van der Waals surface area (Å²) in [5.74, 6) is -2.77. The molecule has 3 heterocycles. The van der Waals surface area contributed by atoms with Crippen LogP contribution < -0.4 is 9.64 Å². The van der Waals surface area contributed by atoms with E-state index in [0.29, 0.717) is 22.9 Å². The second-order valence-corrected chi connectivity index (χ2v) is 7.99. The van der Waals surface area contributed by atoms with Gasteiger partial charge < -0.3 is 9.15 Å². The molecule has 1 aliphatic heterocycles. The van der Waals surface area contributed by atoms with Gasteiger partial charge in [-0.2, -0.15) is 0 Å². The van der Waals surface area contributed by atoms with Gasteiger partial charge in [-0.05, 0) is 43.2 Å². The van der Waals surface area contributed by atoms with Gasteiger partial charge in [-0.15, -0.1) is 10.2 Å². The van der Waals surface area contributed by atoms with Gasteiger partial charge in [0, 0.05) is 0 Å². The van der Waals surface area contributed by atoms with Crippen molar-refractivity contribution in [1.82, 2.24) is 10.2 Å². The van der Waals surface area contributed by atoms with E-state index in [1.54, 1.807) is 37.3 Å². The first-order valence-corrected chi connectivity index (χ1v) is 10.3. The molecule has 154 valence electrons. The molecule has 9 heteroatoms. The number of amides is 1. The fourth-order valence-electron chi connectivity index (χ4n) is 3.44. The topological polar surface area (TPSA) is 103 Å². The molecular formula is C21H19N3O5S. The maximum Gasteiger partial charge on any atom is 0.297 e. The third-order valence-electron chi connectivity index (χ3n) is 4.75. The van der Waals surface area contributed by atoms with Crippen LogP contribution in [0.2, 0.25) is 0 Å². The van der Waals surface area contributed by atoms with Gasteiger partial charge in [0.1, 0.15) is 16.7 Å². The Morgan fingerprint density at radius 3 is 2.73 bits per heavy atom. The molecule has 1 fully saturated rings. The molecular weight excluding hydrogens is 406 g/mol. The molecule has 1 saturated heterocycles. The highest BCUT2D eigenvalue weighted by molar-refractivity contribution is 7.15. The first kappa shape index (κ1) is 20.0. The highest BCUT2D eigenvalue weighted by Crippen LogP contribution is 2.42. The minimum Gasteiger partial charge on any atom is -0.494 e. The van der Waals surface area contributed by atoms with E-state index in [1.807, 2.05) is 6.92 Å². The molecule has 3 aromatic rings. The highest BCUT2D eigenvalue weighted by Gasteiger charge is 2.54. The van der Waals surface area contributed by atoms with Crippen LogP contribution in [0.5, 0.6) is 5.75 Å². The molecule has 2 aromatic heterocycles. The molecule has 1 amide bonds. The molecule has 0 N–H and O–H groups in total. The first-order chi connectivity index (χ1) is 14.5. The number of ketones is 2. The number of ether oxygens (including phenoxy) is 1. The average Bonchev–Trinajstić information content (AvgIpc) is 3.47. The van der Waals surface area contributed by atoms with Crippen LogP contribution in [-0.2, 0) is 9.59 Å². The highest BCUT2D eigenvalue weighted by atomic mass is 32.1. The largest absolute Gasteiger partial charge is 0.494 e. The van der Waals surface area contributed by atoms with Gasteiger partial charge in [-0.3, -0.25) is 19.3 Å². The summed E-state index contributed by atoms with van der Waals surface area (Å²) in [5.41, 5.74) is 0.598. The van der Waals surface area contributed by atoms with Crippen molar-refractivity contribution in [3.8, 4) is 5.75 Å². The number of aromatic nitrogens is 2. The molecule has 0 radical (unpaired) electrons. The van der Waals surface area contributed by atoms with Gasteiger partial charge in [0.05, 0.1) is 18.9 Å². The molecule has 1 aliphatic rings. The lowest BCUT2D eigenvalue weighted by molar-refractivity contribution is -0.135. The van der Waals surface area contributed by atoms with E-state index < -0.39 is 29.4 Å². The van der Waals surface area contributed by atoms with E-state index in [4.69, 9.17) is 9.15 Å². The SMILES string of the molecule is CCCOc1cccc(C2C(C(=O)c3ccco3)C(=O)C(=O)N2c2nnc(C)s2)c1. The first-order valence-electron chi connectivity index (χ1n) is 9.49. The van der Waals surface area contributed by atoms with Crippen LogP contribution in [0.15, 0.2) is 47.1 Å². The van der Waals surface area contributed by atoms with Crippen molar-refractivity contribution in [1.29, 1.82) is 0 Å². The Balaban J connectivity index is 1.82. The standard InChI is InChI=1S/C21H19N3O5S/c1-3-9-28-14-7-4-6-13(11-14)17-16(18(25)15-8-5-10-29-15)19(26)20(27)24(17)21-23-22-12(2)30-21/h4-8,10-11,16-17H,3,9H2,1-2H3.